The molecule has 20 heavy (non-hydrogen) atoms. The van der Waals surface area contributed by atoms with Crippen molar-refractivity contribution in [2.45, 2.75) is 38.1 Å². The number of rotatable bonds is 1. The van der Waals surface area contributed by atoms with Crippen LogP contribution in [0.25, 0.3) is 0 Å². The molecule has 4 aliphatic carbocycles. The predicted octanol–water partition coefficient (Wildman–Crippen LogP) is 2.76. The molecular weight excluding hydrogens is 254 g/mol. The van der Waals surface area contributed by atoms with Gasteiger partial charge < -0.3 is 5.73 Å². The van der Waals surface area contributed by atoms with Gasteiger partial charge in [-0.05, 0) is 61.8 Å². The molecule has 5 heteroatoms. The van der Waals surface area contributed by atoms with Gasteiger partial charge in [0, 0.05) is 18.3 Å². The third-order valence-electron chi connectivity index (χ3n) is 5.16. The molecule has 5 nitrogen and oxygen atoms in total. The maximum absolute atomic E-state index is 9.97. The van der Waals surface area contributed by atoms with Crippen LogP contribution in [0.15, 0.2) is 24.5 Å². The van der Waals surface area contributed by atoms with E-state index in [2.05, 4.69) is 4.98 Å². The molecule has 1 aromatic heterocycles. The number of nitrogens with zero attached hydrogens (tertiary/aromatic N) is 2. The normalized spacial score (nSPS) is 37.1. The number of nitro groups is 1. The van der Waals surface area contributed by atoms with Crippen molar-refractivity contribution < 1.29 is 4.92 Å². The molecule has 0 saturated heterocycles. The lowest BCUT2D eigenvalue weighted by atomic mass is 9.54. The summed E-state index contributed by atoms with van der Waals surface area (Å²) in [6.45, 7) is 0. The molecule has 0 atom stereocenters. The highest BCUT2D eigenvalue weighted by molar-refractivity contribution is 5.23. The highest BCUT2D eigenvalue weighted by Gasteiger charge is 2.46. The fourth-order valence-electron chi connectivity index (χ4n) is 4.43. The Kier molecular flexibility index (Phi) is 3.70. The van der Waals surface area contributed by atoms with E-state index in [0.29, 0.717) is 6.04 Å². The second-order valence-electron chi connectivity index (χ2n) is 6.48. The first-order chi connectivity index (χ1) is 9.63. The van der Waals surface area contributed by atoms with Crippen LogP contribution >= 0.6 is 0 Å². The predicted molar refractivity (Wildman–Crippen MR) is 75.9 cm³/mol. The van der Waals surface area contributed by atoms with E-state index in [1.807, 2.05) is 0 Å². The number of aromatic nitrogens is 1. The molecule has 0 radical (unpaired) electrons. The maximum atomic E-state index is 9.97. The SMILES string of the molecule is NC1C2CC3CC(C2)CC1C3.O=[N+]([O-])c1cccnc1. The Morgan fingerprint density at radius 2 is 1.75 bits per heavy atom. The molecule has 4 saturated carbocycles. The smallest absolute Gasteiger partial charge is 0.287 e. The van der Waals surface area contributed by atoms with Gasteiger partial charge in [0.2, 0.25) is 0 Å². The molecular formula is C15H21N3O2. The zero-order valence-electron chi connectivity index (χ0n) is 11.5. The van der Waals surface area contributed by atoms with Crippen LogP contribution < -0.4 is 5.73 Å². The Balaban J connectivity index is 0.000000124. The third-order valence-corrected chi connectivity index (χ3v) is 5.16. The molecule has 0 aromatic carbocycles. The Bertz CT molecular complexity index is 449. The van der Waals surface area contributed by atoms with Gasteiger partial charge in [0.15, 0.2) is 0 Å². The zero-order valence-corrected chi connectivity index (χ0v) is 11.5. The van der Waals surface area contributed by atoms with Crippen molar-refractivity contribution in [2.24, 2.45) is 29.4 Å². The van der Waals surface area contributed by atoms with E-state index < -0.39 is 4.92 Å². The van der Waals surface area contributed by atoms with Crippen LogP contribution in [0.4, 0.5) is 5.69 Å². The van der Waals surface area contributed by atoms with Crippen molar-refractivity contribution in [3.63, 3.8) is 0 Å². The van der Waals surface area contributed by atoms with Gasteiger partial charge in [-0.25, -0.2) is 0 Å². The molecule has 4 aliphatic rings. The molecule has 1 heterocycles. The van der Waals surface area contributed by atoms with E-state index in [0.717, 1.165) is 23.7 Å². The molecule has 108 valence electrons. The molecule has 5 rings (SSSR count). The first-order valence-corrected chi connectivity index (χ1v) is 7.43. The summed E-state index contributed by atoms with van der Waals surface area (Å²) in [5.74, 6) is 4.01. The average Bonchev–Trinajstić information content (AvgIpc) is 2.45. The van der Waals surface area contributed by atoms with E-state index in [-0.39, 0.29) is 5.69 Å². The van der Waals surface area contributed by atoms with Crippen molar-refractivity contribution in [3.05, 3.63) is 34.6 Å². The van der Waals surface area contributed by atoms with Crippen LogP contribution in [-0.4, -0.2) is 15.9 Å². The first-order valence-electron chi connectivity index (χ1n) is 7.43. The van der Waals surface area contributed by atoms with Crippen LogP contribution in [0.3, 0.4) is 0 Å². The van der Waals surface area contributed by atoms with Crippen molar-refractivity contribution >= 4 is 5.69 Å². The van der Waals surface area contributed by atoms with E-state index in [1.165, 1.54) is 50.2 Å². The van der Waals surface area contributed by atoms with Crippen molar-refractivity contribution in [3.8, 4) is 0 Å². The van der Waals surface area contributed by atoms with E-state index in [1.54, 1.807) is 6.42 Å². The molecule has 4 fully saturated rings. The number of nitrogens with two attached hydrogens (primary N) is 1. The summed E-state index contributed by atoms with van der Waals surface area (Å²) in [6.07, 6.45) is 10.1. The molecule has 0 spiro atoms. The highest BCUT2D eigenvalue weighted by atomic mass is 16.6. The second kappa shape index (κ2) is 5.48. The molecule has 1 aromatic rings. The van der Waals surface area contributed by atoms with Crippen LogP contribution in [0, 0.1) is 33.8 Å². The zero-order chi connectivity index (χ0) is 14.1. The lowest BCUT2D eigenvalue weighted by molar-refractivity contribution is -0.385. The Labute approximate surface area is 118 Å². The Morgan fingerprint density at radius 3 is 2.15 bits per heavy atom. The van der Waals surface area contributed by atoms with Gasteiger partial charge >= 0.3 is 0 Å². The van der Waals surface area contributed by atoms with Gasteiger partial charge in [-0.3, -0.25) is 15.1 Å². The molecule has 0 unspecified atom stereocenters. The summed E-state index contributed by atoms with van der Waals surface area (Å²) in [5.41, 5.74) is 6.19. The minimum absolute atomic E-state index is 0.0255. The maximum Gasteiger partial charge on any atom is 0.287 e. The second-order valence-corrected chi connectivity index (χ2v) is 6.48. The van der Waals surface area contributed by atoms with Gasteiger partial charge in [-0.15, -0.1) is 0 Å². The lowest BCUT2D eigenvalue weighted by Crippen LogP contribution is -2.52. The number of hydrogen-bond donors (Lipinski definition) is 1. The summed E-state index contributed by atoms with van der Waals surface area (Å²) in [6, 6.07) is 3.51. The monoisotopic (exact) mass is 275 g/mol. The van der Waals surface area contributed by atoms with E-state index in [9.17, 15) is 10.1 Å². The average molecular weight is 275 g/mol. The summed E-state index contributed by atoms with van der Waals surface area (Å²) >= 11 is 0. The highest BCUT2D eigenvalue weighted by Crippen LogP contribution is 2.52. The summed E-state index contributed by atoms with van der Waals surface area (Å²) in [7, 11) is 0. The summed E-state index contributed by atoms with van der Waals surface area (Å²) in [4.78, 5) is 13.1. The lowest BCUT2D eigenvalue weighted by Gasteiger charge is -2.53. The quantitative estimate of drug-likeness (QED) is 0.631. The van der Waals surface area contributed by atoms with E-state index in [4.69, 9.17) is 5.73 Å². The van der Waals surface area contributed by atoms with Crippen LogP contribution in [0.5, 0.6) is 0 Å². The van der Waals surface area contributed by atoms with Gasteiger partial charge in [-0.1, -0.05) is 0 Å². The first kappa shape index (κ1) is 13.5. The third kappa shape index (κ3) is 2.68. The molecule has 4 bridgehead atoms. The number of pyridine rings is 1. The van der Waals surface area contributed by atoms with E-state index >= 15 is 0 Å². The fourth-order valence-corrected chi connectivity index (χ4v) is 4.43. The van der Waals surface area contributed by atoms with Gasteiger partial charge in [0.1, 0.15) is 6.20 Å². The van der Waals surface area contributed by atoms with Gasteiger partial charge in [-0.2, -0.15) is 0 Å². The minimum Gasteiger partial charge on any atom is -0.327 e. The van der Waals surface area contributed by atoms with Crippen LogP contribution in [0.1, 0.15) is 32.1 Å². The standard InChI is InChI=1S/C10H17N.C5H4N2O2/c11-10-8-2-6-1-7(4-8)5-9(10)3-6;8-7(9)5-2-1-3-6-4-5/h6-10H,1-5,11H2;1-4H. The van der Waals surface area contributed by atoms with Crippen LogP contribution in [-0.2, 0) is 0 Å². The van der Waals surface area contributed by atoms with Crippen LogP contribution in [0.2, 0.25) is 0 Å². The summed E-state index contributed by atoms with van der Waals surface area (Å²) in [5, 5.41) is 9.97. The number of hydrogen-bond acceptors (Lipinski definition) is 4. The minimum atomic E-state index is -0.479. The topological polar surface area (TPSA) is 82.0 Å². The summed E-state index contributed by atoms with van der Waals surface area (Å²) < 4.78 is 0. The molecule has 0 amide bonds. The fraction of sp³-hybridized carbons (Fsp3) is 0.667. The van der Waals surface area contributed by atoms with Gasteiger partial charge in [0.05, 0.1) is 4.92 Å². The Hall–Kier alpha value is -1.49. The molecule has 2 N–H and O–H groups in total. The van der Waals surface area contributed by atoms with Crippen molar-refractivity contribution in [1.29, 1.82) is 0 Å². The molecule has 0 aliphatic heterocycles. The Morgan fingerprint density at radius 1 is 1.15 bits per heavy atom. The van der Waals surface area contributed by atoms with Crippen molar-refractivity contribution in [2.75, 3.05) is 0 Å². The largest absolute Gasteiger partial charge is 0.327 e. The van der Waals surface area contributed by atoms with Crippen molar-refractivity contribution in [1.82, 2.24) is 4.98 Å². The van der Waals surface area contributed by atoms with Gasteiger partial charge in [0.25, 0.3) is 5.69 Å².